The van der Waals surface area contributed by atoms with Crippen molar-refractivity contribution < 1.29 is 14.0 Å². The van der Waals surface area contributed by atoms with Gasteiger partial charge in [-0.2, -0.15) is 0 Å². The Morgan fingerprint density at radius 1 is 1.09 bits per heavy atom. The Balaban J connectivity index is 1.13. The van der Waals surface area contributed by atoms with E-state index in [1.54, 1.807) is 0 Å². The molecule has 2 fully saturated rings. The monoisotopic (exact) mass is 431 g/mol. The molecule has 3 aromatic rings. The highest BCUT2D eigenvalue weighted by molar-refractivity contribution is 5.97. The van der Waals surface area contributed by atoms with E-state index in [2.05, 4.69) is 10.3 Å². The average Bonchev–Trinajstić information content (AvgIpc) is 3.58. The number of hydrogen-bond donors (Lipinski definition) is 1. The van der Waals surface area contributed by atoms with Crippen LogP contribution in [0, 0.1) is 5.92 Å². The highest BCUT2D eigenvalue weighted by atomic mass is 16.3. The third-order valence-electron chi connectivity index (χ3n) is 6.63. The van der Waals surface area contributed by atoms with Crippen LogP contribution in [-0.2, 0) is 4.79 Å². The molecule has 166 valence electrons. The predicted octanol–water partition coefficient (Wildman–Crippen LogP) is 4.82. The molecule has 2 heterocycles. The lowest BCUT2D eigenvalue weighted by atomic mass is 9.92. The van der Waals surface area contributed by atoms with E-state index in [1.807, 2.05) is 60.4 Å². The predicted molar refractivity (Wildman–Crippen MR) is 122 cm³/mol. The van der Waals surface area contributed by atoms with Gasteiger partial charge in [-0.3, -0.25) is 9.59 Å². The number of aromatic nitrogens is 1. The maximum atomic E-state index is 13.0. The van der Waals surface area contributed by atoms with Crippen LogP contribution in [0.1, 0.15) is 72.8 Å². The highest BCUT2D eigenvalue weighted by Gasteiger charge is 2.29. The fourth-order valence-electron chi connectivity index (χ4n) is 4.49. The molecule has 1 unspecified atom stereocenters. The number of carbonyl (C=O) groups excluding carboxylic acids is 2. The molecule has 1 N–H and O–H groups in total. The Kier molecular flexibility index (Phi) is 5.68. The van der Waals surface area contributed by atoms with Crippen molar-refractivity contribution in [1.82, 2.24) is 15.2 Å². The van der Waals surface area contributed by atoms with Crippen molar-refractivity contribution in [3.05, 3.63) is 65.5 Å². The number of benzene rings is 2. The van der Waals surface area contributed by atoms with Crippen LogP contribution in [0.25, 0.3) is 11.1 Å². The summed E-state index contributed by atoms with van der Waals surface area (Å²) in [4.78, 5) is 32.0. The number of rotatable bonds is 6. The molecule has 2 aliphatic rings. The zero-order valence-electron chi connectivity index (χ0n) is 18.4. The van der Waals surface area contributed by atoms with Gasteiger partial charge in [0.05, 0.1) is 6.04 Å². The molecule has 32 heavy (non-hydrogen) atoms. The summed E-state index contributed by atoms with van der Waals surface area (Å²) >= 11 is 0. The van der Waals surface area contributed by atoms with Gasteiger partial charge in [0.1, 0.15) is 5.52 Å². The smallest absolute Gasteiger partial charge is 0.253 e. The molecular weight excluding hydrogens is 402 g/mol. The molecule has 0 radical (unpaired) electrons. The number of amides is 2. The van der Waals surface area contributed by atoms with Crippen molar-refractivity contribution in [3.8, 4) is 0 Å². The highest BCUT2D eigenvalue weighted by Crippen LogP contribution is 2.40. The van der Waals surface area contributed by atoms with Gasteiger partial charge < -0.3 is 14.6 Å². The van der Waals surface area contributed by atoms with Crippen LogP contribution < -0.4 is 5.32 Å². The fourth-order valence-corrected chi connectivity index (χ4v) is 4.49. The first kappa shape index (κ1) is 20.7. The Morgan fingerprint density at radius 2 is 1.84 bits per heavy atom. The van der Waals surface area contributed by atoms with E-state index in [4.69, 9.17) is 4.42 Å². The molecule has 0 spiro atoms. The summed E-state index contributed by atoms with van der Waals surface area (Å²) in [5, 5.41) is 3.10. The zero-order valence-corrected chi connectivity index (χ0v) is 18.4. The van der Waals surface area contributed by atoms with Crippen molar-refractivity contribution in [3.63, 3.8) is 0 Å². The number of piperidine rings is 1. The van der Waals surface area contributed by atoms with E-state index in [1.165, 1.54) is 0 Å². The average molecular weight is 432 g/mol. The molecule has 1 atom stereocenters. The molecule has 1 saturated carbocycles. The van der Waals surface area contributed by atoms with Crippen LogP contribution in [0.15, 0.2) is 52.9 Å². The minimum atomic E-state index is -0.00255. The summed E-state index contributed by atoms with van der Waals surface area (Å²) in [5.74, 6) is 1.66. The van der Waals surface area contributed by atoms with Gasteiger partial charge in [-0.1, -0.05) is 30.3 Å². The second-order valence-electron chi connectivity index (χ2n) is 9.15. The van der Waals surface area contributed by atoms with Crippen LogP contribution in [0.5, 0.6) is 0 Å². The van der Waals surface area contributed by atoms with Crippen molar-refractivity contribution >= 4 is 22.9 Å². The molecule has 2 aromatic carbocycles. The van der Waals surface area contributed by atoms with Crippen LogP contribution >= 0.6 is 0 Å². The van der Waals surface area contributed by atoms with Gasteiger partial charge in [-0.25, -0.2) is 4.98 Å². The minimum Gasteiger partial charge on any atom is -0.440 e. The molecule has 2 amide bonds. The van der Waals surface area contributed by atoms with E-state index in [-0.39, 0.29) is 17.9 Å². The number of nitrogens with one attached hydrogen (secondary N) is 1. The van der Waals surface area contributed by atoms with Crippen molar-refractivity contribution in [2.45, 2.75) is 51.0 Å². The fraction of sp³-hybridized carbons (Fsp3) is 0.423. The Bertz CT molecular complexity index is 1110. The lowest BCUT2D eigenvalue weighted by Crippen LogP contribution is -2.39. The van der Waals surface area contributed by atoms with Crippen LogP contribution in [0.3, 0.4) is 0 Å². The summed E-state index contributed by atoms with van der Waals surface area (Å²) in [5.41, 5.74) is 3.27. The van der Waals surface area contributed by atoms with Gasteiger partial charge in [-0.05, 0) is 62.3 Å². The Morgan fingerprint density at radius 3 is 2.56 bits per heavy atom. The van der Waals surface area contributed by atoms with E-state index >= 15 is 0 Å². The van der Waals surface area contributed by atoms with Crippen molar-refractivity contribution in [2.24, 2.45) is 5.92 Å². The molecule has 0 bridgehead atoms. The van der Waals surface area contributed by atoms with E-state index in [0.717, 1.165) is 48.2 Å². The first-order chi connectivity index (χ1) is 15.6. The molecule has 1 aliphatic carbocycles. The number of hydrogen-bond acceptors (Lipinski definition) is 4. The molecule has 6 heteroatoms. The number of fused-ring (bicyclic) bond motifs is 1. The lowest BCUT2D eigenvalue weighted by molar-refractivity contribution is -0.122. The van der Waals surface area contributed by atoms with Gasteiger partial charge in [0, 0.05) is 31.0 Å². The molecular formula is C26H29N3O3. The van der Waals surface area contributed by atoms with E-state index in [9.17, 15) is 9.59 Å². The Labute approximate surface area is 188 Å². The Hall–Kier alpha value is -3.15. The standard InChI is InChI=1S/C26H29N3O3/c1-17(19-5-3-2-4-6-19)27-24(30)15-18-11-13-29(14-12-18)26(31)21-9-10-23-22(16-21)28-25(32-23)20-7-8-20/h2-6,9-10,16-18,20H,7-8,11-15H2,1H3,(H,27,30). The topological polar surface area (TPSA) is 75.4 Å². The number of oxazole rings is 1. The van der Waals surface area contributed by atoms with Crippen molar-refractivity contribution in [1.29, 1.82) is 0 Å². The normalized spacial score (nSPS) is 18.0. The third kappa shape index (κ3) is 4.54. The second kappa shape index (κ2) is 8.77. The van der Waals surface area contributed by atoms with Crippen molar-refractivity contribution in [2.75, 3.05) is 13.1 Å². The number of likely N-dealkylation sites (tertiary alicyclic amines) is 1. The van der Waals surface area contributed by atoms with Crippen LogP contribution in [0.4, 0.5) is 0 Å². The third-order valence-corrected chi connectivity index (χ3v) is 6.63. The summed E-state index contributed by atoms with van der Waals surface area (Å²) in [7, 11) is 0. The zero-order chi connectivity index (χ0) is 22.1. The van der Waals surface area contributed by atoms with Crippen LogP contribution in [0.2, 0.25) is 0 Å². The van der Waals surface area contributed by atoms with Gasteiger partial charge in [-0.15, -0.1) is 0 Å². The molecule has 1 aliphatic heterocycles. The first-order valence-corrected chi connectivity index (χ1v) is 11.6. The van der Waals surface area contributed by atoms with Gasteiger partial charge in [0.25, 0.3) is 5.91 Å². The number of carbonyl (C=O) groups is 2. The van der Waals surface area contributed by atoms with Crippen LogP contribution in [-0.4, -0.2) is 34.8 Å². The molecule has 1 saturated heterocycles. The summed E-state index contributed by atoms with van der Waals surface area (Å²) in [6, 6.07) is 15.5. The molecule has 1 aromatic heterocycles. The number of nitrogens with zero attached hydrogens (tertiary/aromatic N) is 2. The van der Waals surface area contributed by atoms with Gasteiger partial charge >= 0.3 is 0 Å². The van der Waals surface area contributed by atoms with Gasteiger partial charge in [0.2, 0.25) is 5.91 Å². The molecule has 6 nitrogen and oxygen atoms in total. The quantitative estimate of drug-likeness (QED) is 0.607. The lowest BCUT2D eigenvalue weighted by Gasteiger charge is -2.32. The summed E-state index contributed by atoms with van der Waals surface area (Å²) < 4.78 is 5.80. The maximum absolute atomic E-state index is 13.0. The second-order valence-corrected chi connectivity index (χ2v) is 9.15. The first-order valence-electron chi connectivity index (χ1n) is 11.6. The minimum absolute atomic E-state index is 0.00255. The maximum Gasteiger partial charge on any atom is 0.253 e. The summed E-state index contributed by atoms with van der Waals surface area (Å²) in [6.45, 7) is 3.36. The van der Waals surface area contributed by atoms with E-state index < -0.39 is 0 Å². The van der Waals surface area contributed by atoms with E-state index in [0.29, 0.717) is 36.9 Å². The summed E-state index contributed by atoms with van der Waals surface area (Å²) in [6.07, 6.45) is 4.47. The van der Waals surface area contributed by atoms with Gasteiger partial charge in [0.15, 0.2) is 11.5 Å². The molecule has 5 rings (SSSR count). The largest absolute Gasteiger partial charge is 0.440 e. The SMILES string of the molecule is CC(NC(=O)CC1CCN(C(=O)c2ccc3oc(C4CC4)nc3c2)CC1)c1ccccc1.